The van der Waals surface area contributed by atoms with Crippen molar-refractivity contribution < 1.29 is 29.2 Å². The second kappa shape index (κ2) is 10.3. The van der Waals surface area contributed by atoms with Gasteiger partial charge in [-0.05, 0) is 37.7 Å². The van der Waals surface area contributed by atoms with Crippen LogP contribution in [0.25, 0.3) is 0 Å². The SMILES string of the molecule is O=C(CCCCCN1C(=O)c2cccc([N+](=O)[O-])c2C1=O)NC[C@@H]1CCCC[C@@H]1C(=O)O. The van der Waals surface area contributed by atoms with Crippen LogP contribution in [-0.4, -0.2) is 51.7 Å². The van der Waals surface area contributed by atoms with Gasteiger partial charge >= 0.3 is 5.97 Å². The summed E-state index contributed by atoms with van der Waals surface area (Å²) in [5.41, 5.74) is -0.488. The van der Waals surface area contributed by atoms with Crippen molar-refractivity contribution in [3.05, 3.63) is 39.4 Å². The molecule has 1 aliphatic heterocycles. The molecule has 0 radical (unpaired) electrons. The lowest BCUT2D eigenvalue weighted by Crippen LogP contribution is -2.37. The molecule has 0 spiro atoms. The van der Waals surface area contributed by atoms with Gasteiger partial charge in [0.1, 0.15) is 5.56 Å². The molecule has 1 heterocycles. The highest BCUT2D eigenvalue weighted by molar-refractivity contribution is 6.23. The number of carbonyl (C=O) groups excluding carboxylic acids is 3. The van der Waals surface area contributed by atoms with Crippen molar-refractivity contribution in [1.82, 2.24) is 10.2 Å². The van der Waals surface area contributed by atoms with Crippen molar-refractivity contribution in [3.8, 4) is 0 Å². The zero-order chi connectivity index (χ0) is 23.3. The summed E-state index contributed by atoms with van der Waals surface area (Å²) in [6.45, 7) is 0.497. The molecule has 1 saturated carbocycles. The Balaban J connectivity index is 1.39. The maximum atomic E-state index is 12.5. The number of hydrogen-bond donors (Lipinski definition) is 2. The number of aliphatic carboxylic acids is 1. The molecule has 1 fully saturated rings. The van der Waals surface area contributed by atoms with Crippen molar-refractivity contribution >= 4 is 29.4 Å². The van der Waals surface area contributed by atoms with Crippen molar-refractivity contribution in [3.63, 3.8) is 0 Å². The Morgan fingerprint density at radius 2 is 1.88 bits per heavy atom. The predicted molar refractivity (Wildman–Crippen MR) is 113 cm³/mol. The summed E-state index contributed by atoms with van der Waals surface area (Å²) in [4.78, 5) is 59.9. The third-order valence-corrected chi connectivity index (χ3v) is 6.25. The number of carboxylic acid groups (broad SMARTS) is 1. The van der Waals surface area contributed by atoms with E-state index in [1.165, 1.54) is 18.2 Å². The number of nitrogens with one attached hydrogen (secondary N) is 1. The standard InChI is InChI=1S/C22H27N3O7/c26-18(23-13-14-7-3-4-8-15(14)22(29)30)11-2-1-5-12-24-20(27)16-9-6-10-17(25(31)32)19(16)21(24)28/h6,9-10,14-15H,1-5,7-8,11-13H2,(H,23,26)(H,29,30)/t14-,15-/m0/s1. The van der Waals surface area contributed by atoms with Gasteiger partial charge in [-0.3, -0.25) is 34.2 Å². The van der Waals surface area contributed by atoms with Crippen LogP contribution < -0.4 is 5.32 Å². The van der Waals surface area contributed by atoms with Gasteiger partial charge < -0.3 is 10.4 Å². The molecule has 0 aromatic heterocycles. The summed E-state index contributed by atoms with van der Waals surface area (Å²) in [5, 5.41) is 23.3. The van der Waals surface area contributed by atoms with E-state index in [0.29, 0.717) is 32.2 Å². The Bertz CT molecular complexity index is 930. The number of nitro groups is 1. The maximum absolute atomic E-state index is 12.5. The van der Waals surface area contributed by atoms with E-state index in [4.69, 9.17) is 0 Å². The molecule has 10 nitrogen and oxygen atoms in total. The van der Waals surface area contributed by atoms with Gasteiger partial charge in [0.2, 0.25) is 5.91 Å². The highest BCUT2D eigenvalue weighted by Gasteiger charge is 2.40. The van der Waals surface area contributed by atoms with Crippen molar-refractivity contribution in [2.24, 2.45) is 11.8 Å². The Hall–Kier alpha value is -3.30. The topological polar surface area (TPSA) is 147 Å². The first kappa shape index (κ1) is 23.4. The molecule has 10 heteroatoms. The summed E-state index contributed by atoms with van der Waals surface area (Å²) in [6.07, 6.45) is 5.25. The molecule has 32 heavy (non-hydrogen) atoms. The minimum Gasteiger partial charge on any atom is -0.481 e. The van der Waals surface area contributed by atoms with E-state index < -0.39 is 28.6 Å². The number of fused-ring (bicyclic) bond motifs is 1. The number of benzene rings is 1. The zero-order valence-electron chi connectivity index (χ0n) is 17.7. The summed E-state index contributed by atoms with van der Waals surface area (Å²) >= 11 is 0. The van der Waals surface area contributed by atoms with Crippen LogP contribution in [0.5, 0.6) is 0 Å². The molecule has 0 unspecified atom stereocenters. The molecular formula is C22H27N3O7. The van der Waals surface area contributed by atoms with Gasteiger partial charge in [0, 0.05) is 25.6 Å². The van der Waals surface area contributed by atoms with Crippen molar-refractivity contribution in [2.45, 2.75) is 51.4 Å². The first-order chi connectivity index (χ1) is 15.3. The van der Waals surface area contributed by atoms with E-state index >= 15 is 0 Å². The van der Waals surface area contributed by atoms with Crippen molar-refractivity contribution in [1.29, 1.82) is 0 Å². The van der Waals surface area contributed by atoms with Crippen LogP contribution in [0.2, 0.25) is 0 Å². The summed E-state index contributed by atoms with van der Waals surface area (Å²) in [7, 11) is 0. The summed E-state index contributed by atoms with van der Waals surface area (Å²) < 4.78 is 0. The number of rotatable bonds is 10. The lowest BCUT2D eigenvalue weighted by Gasteiger charge is -2.28. The van der Waals surface area contributed by atoms with Gasteiger partial charge in [-0.1, -0.05) is 25.3 Å². The molecule has 3 amide bonds. The summed E-state index contributed by atoms with van der Waals surface area (Å²) in [6, 6.07) is 4.00. The Morgan fingerprint density at radius 3 is 2.59 bits per heavy atom. The van der Waals surface area contributed by atoms with Crippen LogP contribution in [-0.2, 0) is 9.59 Å². The number of carboxylic acids is 1. The lowest BCUT2D eigenvalue weighted by atomic mass is 9.79. The molecule has 0 bridgehead atoms. The third kappa shape index (κ3) is 5.12. The van der Waals surface area contributed by atoms with E-state index in [9.17, 15) is 34.4 Å². The van der Waals surface area contributed by atoms with Crippen LogP contribution >= 0.6 is 0 Å². The van der Waals surface area contributed by atoms with Gasteiger partial charge in [-0.15, -0.1) is 0 Å². The number of amides is 3. The molecule has 1 aromatic carbocycles. The van der Waals surface area contributed by atoms with E-state index in [0.717, 1.165) is 24.2 Å². The third-order valence-electron chi connectivity index (χ3n) is 6.25. The second-order valence-electron chi connectivity index (χ2n) is 8.32. The molecule has 3 rings (SSSR count). The average molecular weight is 445 g/mol. The molecule has 2 N–H and O–H groups in total. The average Bonchev–Trinajstić information content (AvgIpc) is 3.02. The quantitative estimate of drug-likeness (QED) is 0.243. The molecular weight excluding hydrogens is 418 g/mol. The van der Waals surface area contributed by atoms with Crippen LogP contribution in [0.3, 0.4) is 0 Å². The zero-order valence-corrected chi connectivity index (χ0v) is 17.7. The van der Waals surface area contributed by atoms with Crippen LogP contribution in [0.4, 0.5) is 5.69 Å². The summed E-state index contributed by atoms with van der Waals surface area (Å²) in [5.74, 6) is -2.58. The van der Waals surface area contributed by atoms with Gasteiger partial charge in [0.25, 0.3) is 17.5 Å². The fourth-order valence-electron chi connectivity index (χ4n) is 4.51. The first-order valence-electron chi connectivity index (χ1n) is 10.9. The van der Waals surface area contributed by atoms with Gasteiger partial charge in [-0.25, -0.2) is 0 Å². The van der Waals surface area contributed by atoms with Crippen LogP contribution in [0, 0.1) is 22.0 Å². The normalized spacial score (nSPS) is 20.2. The van der Waals surface area contributed by atoms with E-state index in [2.05, 4.69) is 5.32 Å². The Labute approximate surface area is 185 Å². The lowest BCUT2D eigenvalue weighted by molar-refractivity contribution is -0.385. The fourth-order valence-corrected chi connectivity index (χ4v) is 4.51. The first-order valence-corrected chi connectivity index (χ1v) is 10.9. The molecule has 2 aliphatic rings. The number of unbranched alkanes of at least 4 members (excludes halogenated alkanes) is 2. The predicted octanol–water partition coefficient (Wildman–Crippen LogP) is 2.76. The largest absolute Gasteiger partial charge is 0.481 e. The minimum absolute atomic E-state index is 0.0388. The van der Waals surface area contributed by atoms with Gasteiger partial charge in [0.05, 0.1) is 16.4 Å². The van der Waals surface area contributed by atoms with Crippen LogP contribution in [0.15, 0.2) is 18.2 Å². The maximum Gasteiger partial charge on any atom is 0.306 e. The van der Waals surface area contributed by atoms with E-state index in [-0.39, 0.29) is 41.6 Å². The van der Waals surface area contributed by atoms with E-state index in [1.807, 2.05) is 0 Å². The number of imide groups is 1. The van der Waals surface area contributed by atoms with Gasteiger partial charge in [0.15, 0.2) is 0 Å². The molecule has 2 atom stereocenters. The number of carbonyl (C=O) groups is 4. The highest BCUT2D eigenvalue weighted by atomic mass is 16.6. The fraction of sp³-hybridized carbons (Fsp3) is 0.545. The molecule has 0 saturated heterocycles. The van der Waals surface area contributed by atoms with Crippen LogP contribution in [0.1, 0.15) is 72.1 Å². The molecule has 1 aliphatic carbocycles. The monoisotopic (exact) mass is 445 g/mol. The van der Waals surface area contributed by atoms with Gasteiger partial charge in [-0.2, -0.15) is 0 Å². The smallest absolute Gasteiger partial charge is 0.306 e. The van der Waals surface area contributed by atoms with E-state index in [1.54, 1.807) is 0 Å². The molecule has 1 aromatic rings. The number of nitrogens with zero attached hydrogens (tertiary/aromatic N) is 2. The molecule has 172 valence electrons. The minimum atomic E-state index is -0.803. The second-order valence-corrected chi connectivity index (χ2v) is 8.32. The Morgan fingerprint density at radius 1 is 1.12 bits per heavy atom. The number of nitro benzene ring substituents is 1. The Kier molecular flexibility index (Phi) is 7.55. The van der Waals surface area contributed by atoms with Crippen molar-refractivity contribution in [2.75, 3.05) is 13.1 Å². The number of hydrogen-bond acceptors (Lipinski definition) is 6. The highest BCUT2D eigenvalue weighted by Crippen LogP contribution is 2.31.